The molecule has 3 atom stereocenters. The Kier molecular flexibility index (Phi) is 5.32. The van der Waals surface area contributed by atoms with E-state index in [1.54, 1.807) is 0 Å². The zero-order valence-electron chi connectivity index (χ0n) is 13.4. The third-order valence-corrected chi connectivity index (χ3v) is 5.02. The Bertz CT molecular complexity index is 405. The first-order valence-corrected chi connectivity index (χ1v) is 8.87. The van der Waals surface area contributed by atoms with Crippen molar-refractivity contribution in [3.8, 4) is 0 Å². The summed E-state index contributed by atoms with van der Waals surface area (Å²) < 4.78 is 0. The summed E-state index contributed by atoms with van der Waals surface area (Å²) in [6.45, 7) is 3.58. The zero-order chi connectivity index (χ0) is 14.5. The molecule has 2 N–H and O–H groups in total. The SMILES string of the molecule is CC(CC1CCCCCN1)NC(c1ccccc1)C1CC1. The van der Waals surface area contributed by atoms with Gasteiger partial charge in [-0.1, -0.05) is 43.2 Å². The summed E-state index contributed by atoms with van der Waals surface area (Å²) in [5.74, 6) is 0.858. The van der Waals surface area contributed by atoms with E-state index >= 15 is 0 Å². The molecule has 3 unspecified atom stereocenters. The zero-order valence-corrected chi connectivity index (χ0v) is 13.4. The second-order valence-corrected chi connectivity index (χ2v) is 7.03. The van der Waals surface area contributed by atoms with E-state index < -0.39 is 0 Å². The smallest absolute Gasteiger partial charge is 0.0350 e. The minimum Gasteiger partial charge on any atom is -0.314 e. The summed E-state index contributed by atoms with van der Waals surface area (Å²) in [4.78, 5) is 0. The summed E-state index contributed by atoms with van der Waals surface area (Å²) in [6, 6.07) is 12.9. The average Bonchev–Trinajstić information content (AvgIpc) is 3.33. The fourth-order valence-electron chi connectivity index (χ4n) is 3.70. The molecule has 1 saturated heterocycles. The molecule has 0 bridgehead atoms. The maximum atomic E-state index is 3.92. The first kappa shape index (κ1) is 15.1. The molecule has 0 amide bonds. The number of hydrogen-bond acceptors (Lipinski definition) is 2. The molecule has 1 aromatic carbocycles. The molecule has 1 aliphatic carbocycles. The second-order valence-electron chi connectivity index (χ2n) is 7.03. The van der Waals surface area contributed by atoms with E-state index in [1.807, 2.05) is 0 Å². The Balaban J connectivity index is 1.55. The lowest BCUT2D eigenvalue weighted by atomic mass is 9.98. The van der Waals surface area contributed by atoms with E-state index in [1.165, 1.54) is 57.1 Å². The molecule has 2 fully saturated rings. The lowest BCUT2D eigenvalue weighted by molar-refractivity contribution is 0.355. The molecule has 2 heteroatoms. The minimum atomic E-state index is 0.562. The standard InChI is InChI=1S/C19H30N2/c1-15(14-18-10-6-3-7-13-20-18)21-19(17-11-12-17)16-8-4-2-5-9-16/h2,4-5,8-9,15,17-21H,3,6-7,10-14H2,1H3. The first-order valence-electron chi connectivity index (χ1n) is 8.87. The van der Waals surface area contributed by atoms with Gasteiger partial charge < -0.3 is 10.6 Å². The lowest BCUT2D eigenvalue weighted by Gasteiger charge is -2.27. The fourth-order valence-corrected chi connectivity index (χ4v) is 3.70. The fraction of sp³-hybridized carbons (Fsp3) is 0.684. The van der Waals surface area contributed by atoms with E-state index in [0.29, 0.717) is 18.1 Å². The molecule has 116 valence electrons. The lowest BCUT2D eigenvalue weighted by Crippen LogP contribution is -2.38. The highest BCUT2D eigenvalue weighted by Crippen LogP contribution is 2.41. The van der Waals surface area contributed by atoms with Crippen LogP contribution >= 0.6 is 0 Å². The highest BCUT2D eigenvalue weighted by atomic mass is 15.0. The normalized spacial score (nSPS) is 26.0. The van der Waals surface area contributed by atoms with E-state index in [4.69, 9.17) is 0 Å². The van der Waals surface area contributed by atoms with E-state index in [9.17, 15) is 0 Å². The maximum absolute atomic E-state index is 3.92. The third kappa shape index (κ3) is 4.55. The van der Waals surface area contributed by atoms with Gasteiger partial charge in [-0.05, 0) is 57.1 Å². The van der Waals surface area contributed by atoms with Crippen molar-refractivity contribution in [1.29, 1.82) is 0 Å². The predicted octanol–water partition coefficient (Wildman–Crippen LogP) is 4.04. The second kappa shape index (κ2) is 7.42. The van der Waals surface area contributed by atoms with Crippen LogP contribution < -0.4 is 10.6 Å². The van der Waals surface area contributed by atoms with E-state index in [-0.39, 0.29) is 0 Å². The molecule has 2 nitrogen and oxygen atoms in total. The highest BCUT2D eigenvalue weighted by Gasteiger charge is 2.33. The third-order valence-electron chi connectivity index (χ3n) is 5.02. The van der Waals surface area contributed by atoms with Crippen LogP contribution in [0.4, 0.5) is 0 Å². The molecule has 0 spiro atoms. The predicted molar refractivity (Wildman–Crippen MR) is 89.4 cm³/mol. The molecule has 1 aliphatic heterocycles. The Morgan fingerprint density at radius 3 is 2.67 bits per heavy atom. The first-order chi connectivity index (χ1) is 10.3. The Morgan fingerprint density at radius 2 is 1.90 bits per heavy atom. The van der Waals surface area contributed by atoms with Crippen molar-refractivity contribution >= 4 is 0 Å². The molecule has 3 rings (SSSR count). The average molecular weight is 286 g/mol. The molecular weight excluding hydrogens is 256 g/mol. The largest absolute Gasteiger partial charge is 0.314 e. The molecular formula is C19H30N2. The number of hydrogen-bond donors (Lipinski definition) is 2. The molecule has 2 aliphatic rings. The van der Waals surface area contributed by atoms with Crippen molar-refractivity contribution < 1.29 is 0 Å². The van der Waals surface area contributed by atoms with Crippen LogP contribution in [0.3, 0.4) is 0 Å². The van der Waals surface area contributed by atoms with Gasteiger partial charge in [-0.15, -0.1) is 0 Å². The topological polar surface area (TPSA) is 24.1 Å². The Hall–Kier alpha value is -0.860. The van der Waals surface area contributed by atoms with Gasteiger partial charge in [0.2, 0.25) is 0 Å². The van der Waals surface area contributed by atoms with Crippen LogP contribution in [-0.4, -0.2) is 18.6 Å². The van der Waals surface area contributed by atoms with Gasteiger partial charge in [0.25, 0.3) is 0 Å². The molecule has 1 heterocycles. The Morgan fingerprint density at radius 1 is 1.10 bits per heavy atom. The van der Waals surface area contributed by atoms with Gasteiger partial charge in [-0.3, -0.25) is 0 Å². The van der Waals surface area contributed by atoms with Gasteiger partial charge in [0, 0.05) is 18.1 Å². The highest BCUT2D eigenvalue weighted by molar-refractivity contribution is 5.21. The van der Waals surface area contributed by atoms with E-state index in [2.05, 4.69) is 47.9 Å². The van der Waals surface area contributed by atoms with Crippen LogP contribution in [0.15, 0.2) is 30.3 Å². The van der Waals surface area contributed by atoms with Crippen molar-refractivity contribution in [2.24, 2.45) is 5.92 Å². The van der Waals surface area contributed by atoms with Gasteiger partial charge >= 0.3 is 0 Å². The molecule has 1 aromatic rings. The summed E-state index contributed by atoms with van der Waals surface area (Å²) in [5, 5.41) is 7.65. The maximum Gasteiger partial charge on any atom is 0.0350 e. The minimum absolute atomic E-state index is 0.562. The molecule has 21 heavy (non-hydrogen) atoms. The summed E-state index contributed by atoms with van der Waals surface area (Å²) in [6.07, 6.45) is 9.55. The van der Waals surface area contributed by atoms with Crippen LogP contribution in [0.5, 0.6) is 0 Å². The number of nitrogens with one attached hydrogen (secondary N) is 2. The van der Waals surface area contributed by atoms with Gasteiger partial charge in [0.05, 0.1) is 0 Å². The summed E-state index contributed by atoms with van der Waals surface area (Å²) >= 11 is 0. The van der Waals surface area contributed by atoms with Gasteiger partial charge in [-0.25, -0.2) is 0 Å². The van der Waals surface area contributed by atoms with Crippen LogP contribution in [0.2, 0.25) is 0 Å². The molecule has 1 saturated carbocycles. The van der Waals surface area contributed by atoms with Gasteiger partial charge in [0.1, 0.15) is 0 Å². The van der Waals surface area contributed by atoms with Gasteiger partial charge in [-0.2, -0.15) is 0 Å². The molecule has 0 aromatic heterocycles. The van der Waals surface area contributed by atoms with Crippen molar-refractivity contribution in [3.63, 3.8) is 0 Å². The van der Waals surface area contributed by atoms with Crippen molar-refractivity contribution in [2.75, 3.05) is 6.54 Å². The summed E-state index contributed by atoms with van der Waals surface area (Å²) in [5.41, 5.74) is 1.47. The Labute approximate surface area is 129 Å². The van der Waals surface area contributed by atoms with Crippen molar-refractivity contribution in [1.82, 2.24) is 10.6 Å². The molecule has 0 radical (unpaired) electrons. The van der Waals surface area contributed by atoms with Crippen molar-refractivity contribution in [2.45, 2.75) is 70.0 Å². The van der Waals surface area contributed by atoms with Crippen LogP contribution in [0.1, 0.15) is 63.5 Å². The number of benzene rings is 1. The van der Waals surface area contributed by atoms with Crippen LogP contribution in [0.25, 0.3) is 0 Å². The quantitative estimate of drug-likeness (QED) is 0.825. The number of rotatable bonds is 6. The van der Waals surface area contributed by atoms with E-state index in [0.717, 1.165) is 5.92 Å². The van der Waals surface area contributed by atoms with Crippen molar-refractivity contribution in [3.05, 3.63) is 35.9 Å². The monoisotopic (exact) mass is 286 g/mol. The van der Waals surface area contributed by atoms with Gasteiger partial charge in [0.15, 0.2) is 0 Å². The summed E-state index contributed by atoms with van der Waals surface area (Å²) in [7, 11) is 0. The van der Waals surface area contributed by atoms with Crippen LogP contribution in [-0.2, 0) is 0 Å². The van der Waals surface area contributed by atoms with Crippen LogP contribution in [0, 0.1) is 5.92 Å².